The maximum atomic E-state index is 11.8. The summed E-state index contributed by atoms with van der Waals surface area (Å²) in [5.74, 6) is 0.597. The summed E-state index contributed by atoms with van der Waals surface area (Å²) in [6.45, 7) is 5.47. The van der Waals surface area contributed by atoms with Crippen molar-refractivity contribution in [3.05, 3.63) is 28.8 Å². The Kier molecular flexibility index (Phi) is 6.31. The van der Waals surface area contributed by atoms with Crippen LogP contribution < -0.4 is 10.5 Å². The fourth-order valence-electron chi connectivity index (χ4n) is 3.07. The molecule has 1 aromatic carbocycles. The third-order valence-corrected chi connectivity index (χ3v) is 4.65. The molecule has 0 aromatic heterocycles. The first-order chi connectivity index (χ1) is 10.9. The zero-order chi connectivity index (χ0) is 17.0. The Labute approximate surface area is 143 Å². The zero-order valence-electron chi connectivity index (χ0n) is 14.0. The number of aryl methyl sites for hydroxylation is 1. The Morgan fingerprint density at radius 2 is 1.96 bits per heavy atom. The van der Waals surface area contributed by atoms with E-state index in [0.29, 0.717) is 16.7 Å². The van der Waals surface area contributed by atoms with Crippen molar-refractivity contribution in [1.82, 2.24) is 0 Å². The number of esters is 1. The van der Waals surface area contributed by atoms with Gasteiger partial charge in [-0.3, -0.25) is 4.79 Å². The number of ether oxygens (including phenoxy) is 2. The summed E-state index contributed by atoms with van der Waals surface area (Å²) >= 11 is 6.29. The van der Waals surface area contributed by atoms with Gasteiger partial charge in [-0.15, -0.1) is 0 Å². The molecule has 1 fully saturated rings. The Hall–Kier alpha value is -1.26. The van der Waals surface area contributed by atoms with E-state index >= 15 is 0 Å². The van der Waals surface area contributed by atoms with Crippen molar-refractivity contribution in [3.8, 4) is 5.75 Å². The van der Waals surface area contributed by atoms with Gasteiger partial charge in [-0.2, -0.15) is 0 Å². The van der Waals surface area contributed by atoms with Gasteiger partial charge in [0.05, 0.1) is 5.02 Å². The van der Waals surface area contributed by atoms with Crippen molar-refractivity contribution < 1.29 is 14.3 Å². The summed E-state index contributed by atoms with van der Waals surface area (Å²) in [5, 5.41) is 0.582. The Balaban J connectivity index is 2.15. The molecule has 0 spiro atoms. The van der Waals surface area contributed by atoms with Gasteiger partial charge in [-0.05, 0) is 57.2 Å². The molecule has 0 heterocycles. The second kappa shape index (κ2) is 8.02. The summed E-state index contributed by atoms with van der Waals surface area (Å²) < 4.78 is 11.7. The van der Waals surface area contributed by atoms with Crippen LogP contribution in [0.5, 0.6) is 5.75 Å². The van der Waals surface area contributed by atoms with Crippen LogP contribution in [0.2, 0.25) is 5.02 Å². The average molecular weight is 340 g/mol. The summed E-state index contributed by atoms with van der Waals surface area (Å²) in [6.07, 6.45) is 3.94. The first kappa shape index (κ1) is 18.1. The van der Waals surface area contributed by atoms with Crippen LogP contribution in [0.4, 0.5) is 0 Å². The van der Waals surface area contributed by atoms with E-state index < -0.39 is 12.0 Å². The first-order valence-electron chi connectivity index (χ1n) is 8.27. The van der Waals surface area contributed by atoms with Crippen molar-refractivity contribution >= 4 is 17.6 Å². The molecule has 1 aromatic rings. The van der Waals surface area contributed by atoms with Crippen LogP contribution in [0.25, 0.3) is 0 Å². The van der Waals surface area contributed by atoms with Gasteiger partial charge < -0.3 is 15.2 Å². The lowest BCUT2D eigenvalue weighted by Gasteiger charge is -2.30. The highest BCUT2D eigenvalue weighted by Crippen LogP contribution is 2.35. The van der Waals surface area contributed by atoms with E-state index in [9.17, 15) is 4.79 Å². The standard InChI is InChI=1S/C18H26ClNO3/c1-11-8-9-16(15(19)10-11)23-17(14-6-4-5-7-14)13(3)22-18(21)12(2)20/h8-10,12-14,17H,4-7,20H2,1-3H3/t12-,13-,17-/m0/s1. The predicted molar refractivity (Wildman–Crippen MR) is 91.8 cm³/mol. The molecule has 0 radical (unpaired) electrons. The average Bonchev–Trinajstić information content (AvgIpc) is 3.00. The van der Waals surface area contributed by atoms with E-state index in [1.54, 1.807) is 6.92 Å². The van der Waals surface area contributed by atoms with Crippen LogP contribution >= 0.6 is 11.6 Å². The first-order valence-corrected chi connectivity index (χ1v) is 8.65. The second-order valence-corrected chi connectivity index (χ2v) is 6.90. The van der Waals surface area contributed by atoms with Crippen LogP contribution in [-0.4, -0.2) is 24.2 Å². The van der Waals surface area contributed by atoms with Gasteiger partial charge in [-0.25, -0.2) is 0 Å². The van der Waals surface area contributed by atoms with Gasteiger partial charge in [0.1, 0.15) is 24.0 Å². The molecule has 1 saturated carbocycles. The molecule has 23 heavy (non-hydrogen) atoms. The van der Waals surface area contributed by atoms with E-state index in [1.165, 1.54) is 12.8 Å². The van der Waals surface area contributed by atoms with Crippen molar-refractivity contribution in [1.29, 1.82) is 0 Å². The van der Waals surface area contributed by atoms with Crippen LogP contribution in [0.15, 0.2) is 18.2 Å². The summed E-state index contributed by atoms with van der Waals surface area (Å²) in [7, 11) is 0. The van der Waals surface area contributed by atoms with Crippen molar-refractivity contribution in [2.45, 2.75) is 64.7 Å². The van der Waals surface area contributed by atoms with Gasteiger partial charge in [0.15, 0.2) is 0 Å². The largest absolute Gasteiger partial charge is 0.485 e. The Morgan fingerprint density at radius 3 is 2.52 bits per heavy atom. The highest BCUT2D eigenvalue weighted by molar-refractivity contribution is 6.32. The van der Waals surface area contributed by atoms with E-state index in [1.807, 2.05) is 32.0 Å². The predicted octanol–water partition coefficient (Wildman–Crippen LogP) is 3.86. The van der Waals surface area contributed by atoms with Crippen molar-refractivity contribution in [2.24, 2.45) is 11.7 Å². The topological polar surface area (TPSA) is 61.5 Å². The molecule has 0 unspecified atom stereocenters. The highest BCUT2D eigenvalue weighted by atomic mass is 35.5. The van der Waals surface area contributed by atoms with Crippen LogP contribution in [0.1, 0.15) is 45.1 Å². The molecule has 2 rings (SSSR count). The maximum Gasteiger partial charge on any atom is 0.323 e. The highest BCUT2D eigenvalue weighted by Gasteiger charge is 2.34. The molecule has 5 heteroatoms. The number of carbonyl (C=O) groups is 1. The van der Waals surface area contributed by atoms with Crippen molar-refractivity contribution in [3.63, 3.8) is 0 Å². The number of carbonyl (C=O) groups excluding carboxylic acids is 1. The summed E-state index contributed by atoms with van der Waals surface area (Å²) in [4.78, 5) is 11.8. The SMILES string of the molecule is Cc1ccc(O[C@H](C2CCCC2)[C@H](C)OC(=O)[C@H](C)N)c(Cl)c1. The maximum absolute atomic E-state index is 11.8. The molecular weight excluding hydrogens is 314 g/mol. The molecule has 0 aliphatic heterocycles. The van der Waals surface area contributed by atoms with E-state index in [-0.39, 0.29) is 12.2 Å². The Morgan fingerprint density at radius 1 is 1.30 bits per heavy atom. The number of benzene rings is 1. The van der Waals surface area contributed by atoms with Gasteiger partial charge in [0.25, 0.3) is 0 Å². The summed E-state index contributed by atoms with van der Waals surface area (Å²) in [6, 6.07) is 5.08. The normalized spacial score (nSPS) is 19.2. The van der Waals surface area contributed by atoms with E-state index in [0.717, 1.165) is 18.4 Å². The molecule has 0 bridgehead atoms. The molecule has 3 atom stereocenters. The molecule has 0 amide bonds. The number of halogens is 1. The third-order valence-electron chi connectivity index (χ3n) is 4.35. The van der Waals surface area contributed by atoms with Crippen molar-refractivity contribution in [2.75, 3.05) is 0 Å². The zero-order valence-corrected chi connectivity index (χ0v) is 14.8. The fourth-order valence-corrected chi connectivity index (χ4v) is 3.35. The molecule has 4 nitrogen and oxygen atoms in total. The molecular formula is C18H26ClNO3. The minimum atomic E-state index is -0.635. The lowest BCUT2D eigenvalue weighted by Crippen LogP contribution is -2.41. The fraction of sp³-hybridized carbons (Fsp3) is 0.611. The molecule has 1 aliphatic rings. The second-order valence-electron chi connectivity index (χ2n) is 6.49. The van der Waals surface area contributed by atoms with E-state index in [4.69, 9.17) is 26.8 Å². The number of hydrogen-bond acceptors (Lipinski definition) is 4. The van der Waals surface area contributed by atoms with Gasteiger partial charge >= 0.3 is 5.97 Å². The number of hydrogen-bond donors (Lipinski definition) is 1. The minimum absolute atomic E-state index is 0.208. The quantitative estimate of drug-likeness (QED) is 0.799. The van der Waals surface area contributed by atoms with Crippen LogP contribution in [0.3, 0.4) is 0 Å². The third kappa shape index (κ3) is 4.85. The molecule has 2 N–H and O–H groups in total. The molecule has 1 aliphatic carbocycles. The van der Waals surface area contributed by atoms with Gasteiger partial charge in [0, 0.05) is 0 Å². The lowest BCUT2D eigenvalue weighted by molar-refractivity contribution is -0.155. The van der Waals surface area contributed by atoms with Gasteiger partial charge in [-0.1, -0.05) is 30.5 Å². The van der Waals surface area contributed by atoms with E-state index in [2.05, 4.69) is 0 Å². The number of rotatable bonds is 6. The lowest BCUT2D eigenvalue weighted by atomic mass is 9.96. The number of nitrogens with two attached hydrogens (primary N) is 1. The molecule has 0 saturated heterocycles. The smallest absolute Gasteiger partial charge is 0.323 e. The Bertz CT molecular complexity index is 541. The monoisotopic (exact) mass is 339 g/mol. The molecule has 128 valence electrons. The minimum Gasteiger partial charge on any atom is -0.485 e. The van der Waals surface area contributed by atoms with Crippen LogP contribution in [0, 0.1) is 12.8 Å². The van der Waals surface area contributed by atoms with Gasteiger partial charge in [0.2, 0.25) is 0 Å². The summed E-state index contributed by atoms with van der Waals surface area (Å²) in [5.41, 5.74) is 6.67. The van der Waals surface area contributed by atoms with Crippen LogP contribution in [-0.2, 0) is 9.53 Å².